The van der Waals surface area contributed by atoms with Gasteiger partial charge in [0.15, 0.2) is 6.10 Å². The molecule has 0 aromatic heterocycles. The predicted octanol–water partition coefficient (Wildman–Crippen LogP) is 11.8. The molecule has 328 valence electrons. The summed E-state index contributed by atoms with van der Waals surface area (Å²) in [5, 5.41) is 8.88. The molecule has 0 amide bonds. The number of carboxylic acid groups (broad SMARTS) is 1. The molecule has 12 heteroatoms. The van der Waals surface area contributed by atoms with Gasteiger partial charge in [-0.05, 0) is 44.9 Å². The van der Waals surface area contributed by atoms with Crippen LogP contribution in [0.15, 0.2) is 24.3 Å². The van der Waals surface area contributed by atoms with Gasteiger partial charge >= 0.3 is 25.7 Å². The summed E-state index contributed by atoms with van der Waals surface area (Å²) in [6, 6.07) is -1.52. The molecule has 0 spiro atoms. The van der Waals surface area contributed by atoms with Crippen molar-refractivity contribution < 1.29 is 47.5 Å². The lowest BCUT2D eigenvalue weighted by molar-refractivity contribution is -0.161. The summed E-state index contributed by atoms with van der Waals surface area (Å²) < 4.78 is 32.6. The summed E-state index contributed by atoms with van der Waals surface area (Å²) in [5.41, 5.74) is 5.33. The Labute approximate surface area is 340 Å². The zero-order valence-corrected chi connectivity index (χ0v) is 36.4. The second-order valence-electron chi connectivity index (χ2n) is 15.2. The van der Waals surface area contributed by atoms with Gasteiger partial charge in [0.2, 0.25) is 0 Å². The number of hydrogen-bond acceptors (Lipinski definition) is 9. The molecule has 0 heterocycles. The van der Waals surface area contributed by atoms with E-state index in [0.717, 1.165) is 44.9 Å². The molecule has 0 fully saturated rings. The summed E-state index contributed by atoms with van der Waals surface area (Å²) >= 11 is 0. The average molecular weight is 816 g/mol. The van der Waals surface area contributed by atoms with E-state index < -0.39 is 51.1 Å². The average Bonchev–Trinajstić information content (AvgIpc) is 3.17. The molecule has 0 saturated heterocycles. The number of hydrogen-bond donors (Lipinski definition) is 3. The SMILES string of the molecule is CCCCCCC/C=C\C/C=C\CCCCCCCCCCCCCC(=O)OC(COC(=O)CCCCCCCCCCC)COP(=O)(O)OCC(N)C(=O)O. The Morgan fingerprint density at radius 2 is 0.946 bits per heavy atom. The van der Waals surface area contributed by atoms with Gasteiger partial charge in [-0.2, -0.15) is 0 Å². The fourth-order valence-corrected chi connectivity index (χ4v) is 6.93. The molecule has 0 rings (SSSR count). The zero-order valence-electron chi connectivity index (χ0n) is 35.5. The molecule has 0 aromatic carbocycles. The summed E-state index contributed by atoms with van der Waals surface area (Å²) in [5.74, 6) is -2.38. The summed E-state index contributed by atoms with van der Waals surface area (Å²) in [6.07, 6.45) is 41.1. The van der Waals surface area contributed by atoms with Crippen LogP contribution in [0.4, 0.5) is 0 Å². The van der Waals surface area contributed by atoms with Gasteiger partial charge in [0, 0.05) is 12.8 Å². The first-order valence-electron chi connectivity index (χ1n) is 22.4. The third-order valence-corrected chi connectivity index (χ3v) is 10.7. The quantitative estimate of drug-likeness (QED) is 0.0232. The Morgan fingerprint density at radius 1 is 0.554 bits per heavy atom. The minimum Gasteiger partial charge on any atom is -0.480 e. The zero-order chi connectivity index (χ0) is 41.4. The maximum absolute atomic E-state index is 12.6. The second-order valence-corrected chi connectivity index (χ2v) is 16.6. The highest BCUT2D eigenvalue weighted by atomic mass is 31.2. The van der Waals surface area contributed by atoms with Crippen LogP contribution in [-0.2, 0) is 37.5 Å². The third-order valence-electron chi connectivity index (χ3n) is 9.70. The van der Waals surface area contributed by atoms with Crippen LogP contribution in [0.3, 0.4) is 0 Å². The van der Waals surface area contributed by atoms with Gasteiger partial charge < -0.3 is 25.2 Å². The smallest absolute Gasteiger partial charge is 0.472 e. The third kappa shape index (κ3) is 38.8. The monoisotopic (exact) mass is 816 g/mol. The van der Waals surface area contributed by atoms with Crippen molar-refractivity contribution in [3.63, 3.8) is 0 Å². The fourth-order valence-electron chi connectivity index (χ4n) is 6.15. The first-order chi connectivity index (χ1) is 27.1. The molecule has 0 saturated carbocycles. The van der Waals surface area contributed by atoms with Crippen molar-refractivity contribution in [1.29, 1.82) is 0 Å². The number of ether oxygens (including phenoxy) is 2. The number of phosphoric ester groups is 1. The van der Waals surface area contributed by atoms with Gasteiger partial charge in [-0.25, -0.2) is 4.57 Å². The minimum atomic E-state index is -4.71. The minimum absolute atomic E-state index is 0.161. The van der Waals surface area contributed by atoms with E-state index in [1.54, 1.807) is 0 Å². The number of aliphatic carboxylic acids is 1. The lowest BCUT2D eigenvalue weighted by atomic mass is 10.0. The van der Waals surface area contributed by atoms with E-state index in [1.165, 1.54) is 122 Å². The molecule has 3 atom stereocenters. The largest absolute Gasteiger partial charge is 0.480 e. The van der Waals surface area contributed by atoms with Crippen molar-refractivity contribution in [2.45, 2.75) is 219 Å². The number of carbonyl (C=O) groups excluding carboxylic acids is 2. The summed E-state index contributed by atoms with van der Waals surface area (Å²) in [4.78, 5) is 45.8. The van der Waals surface area contributed by atoms with Crippen LogP contribution in [0.2, 0.25) is 0 Å². The van der Waals surface area contributed by atoms with Crippen LogP contribution in [0.25, 0.3) is 0 Å². The van der Waals surface area contributed by atoms with E-state index in [9.17, 15) is 23.8 Å². The summed E-state index contributed by atoms with van der Waals surface area (Å²) in [7, 11) is -4.71. The molecular weight excluding hydrogens is 733 g/mol. The highest BCUT2D eigenvalue weighted by Crippen LogP contribution is 2.43. The van der Waals surface area contributed by atoms with Crippen molar-refractivity contribution in [3.8, 4) is 0 Å². The molecular formula is C44H82NO10P. The fraction of sp³-hybridized carbons (Fsp3) is 0.841. The van der Waals surface area contributed by atoms with Crippen molar-refractivity contribution in [2.75, 3.05) is 19.8 Å². The predicted molar refractivity (Wildman–Crippen MR) is 226 cm³/mol. The van der Waals surface area contributed by atoms with Crippen LogP contribution < -0.4 is 5.73 Å². The van der Waals surface area contributed by atoms with Crippen molar-refractivity contribution in [1.82, 2.24) is 0 Å². The Bertz CT molecular complexity index is 1050. The van der Waals surface area contributed by atoms with E-state index in [0.29, 0.717) is 12.8 Å². The maximum Gasteiger partial charge on any atom is 0.472 e. The normalized spacial score (nSPS) is 13.9. The van der Waals surface area contributed by atoms with Crippen LogP contribution in [0.1, 0.15) is 206 Å². The van der Waals surface area contributed by atoms with E-state index in [-0.39, 0.29) is 19.4 Å². The van der Waals surface area contributed by atoms with Crippen LogP contribution in [0.5, 0.6) is 0 Å². The number of carbonyl (C=O) groups is 3. The molecule has 0 aliphatic rings. The molecule has 0 aliphatic heterocycles. The lowest BCUT2D eigenvalue weighted by Gasteiger charge is -2.20. The molecule has 0 aromatic rings. The topological polar surface area (TPSA) is 172 Å². The lowest BCUT2D eigenvalue weighted by Crippen LogP contribution is -2.34. The Hall–Kier alpha value is -2.04. The highest BCUT2D eigenvalue weighted by Gasteiger charge is 2.28. The van der Waals surface area contributed by atoms with E-state index in [1.807, 2.05) is 0 Å². The molecule has 0 radical (unpaired) electrons. The standard InChI is InChI=1S/C44H82NO10P/c1-3-5-7-9-11-13-14-15-16-17-18-19-20-21-22-23-24-25-26-28-30-32-34-36-43(47)55-40(38-53-56(50,51)54-39-41(45)44(48)49)37-52-42(46)35-33-31-29-27-12-10-8-6-4-2/h14-15,17-18,40-41H,3-13,16,19-39,45H2,1-2H3,(H,48,49)(H,50,51)/b15-14-,18-17-. The van der Waals surface area contributed by atoms with Crippen molar-refractivity contribution in [3.05, 3.63) is 24.3 Å². The van der Waals surface area contributed by atoms with Gasteiger partial charge in [0.1, 0.15) is 12.6 Å². The number of unbranched alkanes of at least 4 members (excludes halogenated alkanes) is 24. The first-order valence-corrected chi connectivity index (χ1v) is 23.9. The van der Waals surface area contributed by atoms with Crippen molar-refractivity contribution in [2.24, 2.45) is 5.73 Å². The van der Waals surface area contributed by atoms with Gasteiger partial charge in [-0.3, -0.25) is 23.4 Å². The maximum atomic E-state index is 12.6. The van der Waals surface area contributed by atoms with Gasteiger partial charge in [0.25, 0.3) is 0 Å². The van der Waals surface area contributed by atoms with Gasteiger partial charge in [-0.15, -0.1) is 0 Å². The number of rotatable bonds is 42. The number of nitrogens with two attached hydrogens (primary N) is 1. The number of phosphoric acid groups is 1. The van der Waals surface area contributed by atoms with Crippen LogP contribution >= 0.6 is 7.82 Å². The van der Waals surface area contributed by atoms with Crippen molar-refractivity contribution >= 4 is 25.7 Å². The second kappa shape index (κ2) is 39.8. The molecule has 3 unspecified atom stereocenters. The van der Waals surface area contributed by atoms with Gasteiger partial charge in [-0.1, -0.05) is 173 Å². The molecule has 11 nitrogen and oxygen atoms in total. The Kier molecular flexibility index (Phi) is 38.3. The molecule has 0 aliphatic carbocycles. The Morgan fingerprint density at radius 3 is 1.39 bits per heavy atom. The molecule has 0 bridgehead atoms. The molecule has 56 heavy (non-hydrogen) atoms. The van der Waals surface area contributed by atoms with E-state index in [4.69, 9.17) is 24.8 Å². The number of allylic oxidation sites excluding steroid dienone is 4. The summed E-state index contributed by atoms with van der Waals surface area (Å²) in [6.45, 7) is 2.77. The van der Waals surface area contributed by atoms with Gasteiger partial charge in [0.05, 0.1) is 13.2 Å². The van der Waals surface area contributed by atoms with E-state index >= 15 is 0 Å². The highest BCUT2D eigenvalue weighted by molar-refractivity contribution is 7.47. The Balaban J connectivity index is 4.20. The number of carboxylic acids is 1. The first kappa shape index (κ1) is 54.0. The van der Waals surface area contributed by atoms with Crippen LogP contribution in [0, 0.1) is 0 Å². The molecule has 4 N–H and O–H groups in total. The van der Waals surface area contributed by atoms with Crippen LogP contribution in [-0.4, -0.2) is 59.9 Å². The number of esters is 2. The van der Waals surface area contributed by atoms with E-state index in [2.05, 4.69) is 42.7 Å².